The van der Waals surface area contributed by atoms with Gasteiger partial charge in [-0.1, -0.05) is 12.1 Å². The molecule has 0 radical (unpaired) electrons. The van der Waals surface area contributed by atoms with E-state index in [9.17, 15) is 17.2 Å². The summed E-state index contributed by atoms with van der Waals surface area (Å²) in [5.41, 5.74) is 1.71. The van der Waals surface area contributed by atoms with Gasteiger partial charge in [0.25, 0.3) is 10.0 Å². The van der Waals surface area contributed by atoms with E-state index < -0.39 is 16.6 Å². The monoisotopic (exact) mass is 378 g/mol. The van der Waals surface area contributed by atoms with Gasteiger partial charge in [-0.05, 0) is 35.9 Å². The maximum atomic E-state index is 12.9. The quantitative estimate of drug-likeness (QED) is 0.741. The first kappa shape index (κ1) is 17.0. The van der Waals surface area contributed by atoms with Crippen LogP contribution >= 0.6 is 0 Å². The molecule has 8 heteroatoms. The van der Waals surface area contributed by atoms with E-state index in [2.05, 4.69) is 10.1 Å². The highest BCUT2D eigenvalue weighted by Crippen LogP contribution is 2.28. The lowest BCUT2D eigenvalue weighted by molar-refractivity contribution is -0.0499. The Balaban J connectivity index is 1.74. The largest absolute Gasteiger partial charge is 0.435 e. The average Bonchev–Trinajstić information content (AvgIpc) is 2.97. The van der Waals surface area contributed by atoms with E-state index in [0.717, 1.165) is 28.5 Å². The van der Waals surface area contributed by atoms with Gasteiger partial charge >= 0.3 is 6.61 Å². The minimum absolute atomic E-state index is 0.111. The number of hydrogen-bond donors (Lipinski definition) is 1. The molecule has 1 saturated heterocycles. The molecule has 0 spiro atoms. The lowest BCUT2D eigenvalue weighted by Crippen LogP contribution is -2.39. The van der Waals surface area contributed by atoms with Crippen LogP contribution in [0.2, 0.25) is 0 Å². The number of hydrogen-bond acceptors (Lipinski definition) is 4. The molecule has 26 heavy (non-hydrogen) atoms. The standard InChI is InChI=1S/C18H16F2N2O3S/c19-18(20)25-15-2-1-3-16(9-15)26(23,24)22-7-6-13-8-12(4-5-17(13)22)14-10-21-11-14/h1-9,14,18,21H,10-11H2. The lowest BCUT2D eigenvalue weighted by Gasteiger charge is -2.27. The number of benzene rings is 2. The van der Waals surface area contributed by atoms with Crippen molar-refractivity contribution in [3.8, 4) is 5.75 Å². The van der Waals surface area contributed by atoms with Crippen LogP contribution in [0.1, 0.15) is 11.5 Å². The van der Waals surface area contributed by atoms with E-state index in [1.165, 1.54) is 30.0 Å². The van der Waals surface area contributed by atoms with Crippen molar-refractivity contribution in [1.29, 1.82) is 0 Å². The van der Waals surface area contributed by atoms with Gasteiger partial charge in [0, 0.05) is 36.7 Å². The van der Waals surface area contributed by atoms with E-state index >= 15 is 0 Å². The maximum absolute atomic E-state index is 12.9. The summed E-state index contributed by atoms with van der Waals surface area (Å²) in [6.07, 6.45) is 1.48. The molecule has 1 aromatic heterocycles. The molecule has 0 bridgehead atoms. The van der Waals surface area contributed by atoms with Crippen molar-refractivity contribution < 1.29 is 21.9 Å². The fourth-order valence-electron chi connectivity index (χ4n) is 3.05. The van der Waals surface area contributed by atoms with Crippen LogP contribution in [0.5, 0.6) is 5.75 Å². The minimum Gasteiger partial charge on any atom is -0.435 e. The maximum Gasteiger partial charge on any atom is 0.387 e. The van der Waals surface area contributed by atoms with Gasteiger partial charge in [-0.25, -0.2) is 12.4 Å². The molecule has 2 aromatic carbocycles. The third-order valence-corrected chi connectivity index (χ3v) is 6.20. The molecule has 0 unspecified atom stereocenters. The van der Waals surface area contributed by atoms with E-state index in [4.69, 9.17) is 0 Å². The first-order valence-electron chi connectivity index (χ1n) is 8.07. The van der Waals surface area contributed by atoms with Gasteiger partial charge in [0.2, 0.25) is 0 Å². The normalized spacial score (nSPS) is 15.3. The third kappa shape index (κ3) is 2.95. The van der Waals surface area contributed by atoms with E-state index in [1.807, 2.05) is 12.1 Å². The van der Waals surface area contributed by atoms with Crippen molar-refractivity contribution in [2.24, 2.45) is 0 Å². The number of nitrogens with one attached hydrogen (secondary N) is 1. The number of halogens is 2. The van der Waals surface area contributed by atoms with Gasteiger partial charge < -0.3 is 10.1 Å². The highest BCUT2D eigenvalue weighted by Gasteiger charge is 2.22. The van der Waals surface area contributed by atoms with E-state index in [1.54, 1.807) is 12.1 Å². The fraction of sp³-hybridized carbons (Fsp3) is 0.222. The smallest absolute Gasteiger partial charge is 0.387 e. The molecular weight excluding hydrogens is 362 g/mol. The average molecular weight is 378 g/mol. The van der Waals surface area contributed by atoms with Gasteiger partial charge in [0.05, 0.1) is 10.4 Å². The number of aromatic nitrogens is 1. The first-order chi connectivity index (χ1) is 12.4. The van der Waals surface area contributed by atoms with Crippen LogP contribution in [0.15, 0.2) is 59.6 Å². The van der Waals surface area contributed by atoms with E-state index in [-0.39, 0.29) is 10.6 Å². The number of alkyl halides is 2. The SMILES string of the molecule is O=S(=O)(c1cccc(OC(F)F)c1)n1ccc2cc(C3CNC3)ccc21. The molecule has 0 aliphatic carbocycles. The van der Waals surface area contributed by atoms with Crippen LogP contribution in [0, 0.1) is 0 Å². The zero-order valence-corrected chi connectivity index (χ0v) is 14.4. The minimum atomic E-state index is -3.93. The van der Waals surface area contributed by atoms with Crippen molar-refractivity contribution in [2.75, 3.05) is 13.1 Å². The van der Waals surface area contributed by atoms with Crippen molar-refractivity contribution in [2.45, 2.75) is 17.4 Å². The zero-order chi connectivity index (χ0) is 18.3. The predicted octanol–water partition coefficient (Wildman–Crippen LogP) is 3.17. The predicted molar refractivity (Wildman–Crippen MR) is 93.2 cm³/mol. The zero-order valence-electron chi connectivity index (χ0n) is 13.6. The first-order valence-corrected chi connectivity index (χ1v) is 9.51. The third-order valence-electron chi connectivity index (χ3n) is 4.52. The second kappa shape index (κ2) is 6.37. The summed E-state index contributed by atoms with van der Waals surface area (Å²) < 4.78 is 56.1. The molecule has 0 atom stereocenters. The van der Waals surface area contributed by atoms with Gasteiger partial charge in [0.15, 0.2) is 0 Å². The second-order valence-corrected chi connectivity index (χ2v) is 7.96. The molecule has 4 rings (SSSR count). The van der Waals surface area contributed by atoms with Crippen molar-refractivity contribution in [1.82, 2.24) is 9.29 Å². The van der Waals surface area contributed by atoms with Gasteiger partial charge in [-0.2, -0.15) is 8.78 Å². The Morgan fingerprint density at radius 1 is 1.12 bits per heavy atom. The molecule has 136 valence electrons. The topological polar surface area (TPSA) is 60.3 Å². The molecule has 5 nitrogen and oxygen atoms in total. The molecule has 1 fully saturated rings. The highest BCUT2D eigenvalue weighted by atomic mass is 32.2. The molecule has 0 amide bonds. The van der Waals surface area contributed by atoms with E-state index in [0.29, 0.717) is 11.4 Å². The van der Waals surface area contributed by atoms with Crippen LogP contribution in [0.25, 0.3) is 10.9 Å². The lowest BCUT2D eigenvalue weighted by atomic mass is 9.93. The van der Waals surface area contributed by atoms with Gasteiger partial charge in [-0.3, -0.25) is 0 Å². The Labute approximate surface area is 149 Å². The number of fused-ring (bicyclic) bond motifs is 1. The van der Waals surface area contributed by atoms with Crippen molar-refractivity contribution >= 4 is 20.9 Å². The molecule has 1 N–H and O–H groups in total. The van der Waals surface area contributed by atoms with Crippen LogP contribution < -0.4 is 10.1 Å². The summed E-state index contributed by atoms with van der Waals surface area (Å²) in [6, 6.07) is 12.5. The molecule has 1 aliphatic heterocycles. The Hall–Kier alpha value is -2.45. The Morgan fingerprint density at radius 2 is 1.92 bits per heavy atom. The summed E-state index contributed by atoms with van der Waals surface area (Å²) in [7, 11) is -3.93. The summed E-state index contributed by atoms with van der Waals surface area (Å²) in [5.74, 6) is 0.250. The molecular formula is C18H16F2N2O3S. The Bertz CT molecular complexity index is 1060. The second-order valence-electron chi connectivity index (χ2n) is 6.14. The Kier molecular flexibility index (Phi) is 4.16. The molecule has 0 saturated carbocycles. The van der Waals surface area contributed by atoms with Gasteiger partial charge in [-0.15, -0.1) is 0 Å². The van der Waals surface area contributed by atoms with Crippen molar-refractivity contribution in [3.63, 3.8) is 0 Å². The molecule has 1 aliphatic rings. The Morgan fingerprint density at radius 3 is 2.62 bits per heavy atom. The van der Waals surface area contributed by atoms with Crippen LogP contribution in [0.4, 0.5) is 8.78 Å². The highest BCUT2D eigenvalue weighted by molar-refractivity contribution is 7.90. The van der Waals surface area contributed by atoms with Crippen molar-refractivity contribution in [3.05, 3.63) is 60.3 Å². The number of ether oxygens (including phenoxy) is 1. The van der Waals surface area contributed by atoms with Crippen LogP contribution in [0.3, 0.4) is 0 Å². The summed E-state index contributed by atoms with van der Waals surface area (Å²) in [6.45, 7) is -1.18. The molecule has 2 heterocycles. The number of nitrogens with zero attached hydrogens (tertiary/aromatic N) is 1. The number of rotatable bonds is 5. The summed E-state index contributed by atoms with van der Waals surface area (Å²) >= 11 is 0. The molecule has 3 aromatic rings. The summed E-state index contributed by atoms with van der Waals surface area (Å²) in [5, 5.41) is 4.03. The van der Waals surface area contributed by atoms with Gasteiger partial charge in [0.1, 0.15) is 5.75 Å². The summed E-state index contributed by atoms with van der Waals surface area (Å²) in [4.78, 5) is -0.111. The van der Waals surface area contributed by atoms with Crippen LogP contribution in [-0.2, 0) is 10.0 Å². The fourth-order valence-corrected chi connectivity index (χ4v) is 4.44. The van der Waals surface area contributed by atoms with Crippen LogP contribution in [-0.4, -0.2) is 32.1 Å².